The number of methoxy groups -OCH3 is 1. The van der Waals surface area contributed by atoms with E-state index in [0.717, 1.165) is 0 Å². The molecule has 0 aromatic carbocycles. The van der Waals surface area contributed by atoms with E-state index in [1.807, 2.05) is 6.07 Å². The molecule has 0 saturated heterocycles. The zero-order chi connectivity index (χ0) is 8.10. The first-order valence-corrected chi connectivity index (χ1v) is 3.08. The van der Waals surface area contributed by atoms with Crippen molar-refractivity contribution in [3.8, 4) is 11.8 Å². The van der Waals surface area contributed by atoms with Crippen LogP contribution >= 0.6 is 0 Å². The summed E-state index contributed by atoms with van der Waals surface area (Å²) in [5, 5.41) is 8.37. The second-order valence-electron chi connectivity index (χ2n) is 1.87. The van der Waals surface area contributed by atoms with Crippen LogP contribution in [0.2, 0.25) is 0 Å². The van der Waals surface area contributed by atoms with E-state index in [1.165, 1.54) is 13.4 Å². The fraction of sp³-hybridized carbons (Fsp3) is 0.286. The Morgan fingerprint density at radius 2 is 2.55 bits per heavy atom. The molecule has 0 aliphatic rings. The SMILES string of the molecule is COc1cncnc1CC#N. The number of ether oxygens (including phenoxy) is 1. The number of aromatic nitrogens is 2. The van der Waals surface area contributed by atoms with Gasteiger partial charge in [0.1, 0.15) is 6.33 Å². The summed E-state index contributed by atoms with van der Waals surface area (Å²) in [5.74, 6) is 0.564. The molecule has 1 heterocycles. The van der Waals surface area contributed by atoms with Crippen molar-refractivity contribution >= 4 is 0 Å². The maximum Gasteiger partial charge on any atom is 0.159 e. The van der Waals surface area contributed by atoms with Crippen LogP contribution in [0.4, 0.5) is 0 Å². The van der Waals surface area contributed by atoms with Crippen molar-refractivity contribution in [1.29, 1.82) is 5.26 Å². The van der Waals surface area contributed by atoms with Crippen molar-refractivity contribution in [2.24, 2.45) is 0 Å². The highest BCUT2D eigenvalue weighted by molar-refractivity contribution is 5.25. The predicted octanol–water partition coefficient (Wildman–Crippen LogP) is 0.551. The summed E-state index contributed by atoms with van der Waals surface area (Å²) in [6, 6.07) is 1.99. The molecule has 4 heteroatoms. The normalized spacial score (nSPS) is 8.73. The molecule has 11 heavy (non-hydrogen) atoms. The first kappa shape index (κ1) is 7.48. The van der Waals surface area contributed by atoms with Crippen LogP contribution in [0.5, 0.6) is 5.75 Å². The lowest BCUT2D eigenvalue weighted by Gasteiger charge is -2.00. The molecule has 0 aliphatic carbocycles. The average molecular weight is 149 g/mol. The van der Waals surface area contributed by atoms with E-state index >= 15 is 0 Å². The van der Waals surface area contributed by atoms with Crippen LogP contribution in [0.15, 0.2) is 12.5 Å². The van der Waals surface area contributed by atoms with E-state index in [2.05, 4.69) is 9.97 Å². The van der Waals surface area contributed by atoms with Crippen LogP contribution in [-0.2, 0) is 6.42 Å². The predicted molar refractivity (Wildman–Crippen MR) is 37.9 cm³/mol. The lowest BCUT2D eigenvalue weighted by atomic mass is 10.3. The van der Waals surface area contributed by atoms with Crippen molar-refractivity contribution in [2.75, 3.05) is 7.11 Å². The highest BCUT2D eigenvalue weighted by Gasteiger charge is 2.01. The maximum absolute atomic E-state index is 8.37. The van der Waals surface area contributed by atoms with Gasteiger partial charge in [-0.3, -0.25) is 0 Å². The number of hydrogen-bond donors (Lipinski definition) is 0. The van der Waals surface area contributed by atoms with Crippen molar-refractivity contribution in [3.63, 3.8) is 0 Å². The summed E-state index contributed by atoms with van der Waals surface area (Å²) >= 11 is 0. The van der Waals surface area contributed by atoms with Gasteiger partial charge in [-0.15, -0.1) is 0 Å². The topological polar surface area (TPSA) is 58.8 Å². The van der Waals surface area contributed by atoms with Crippen molar-refractivity contribution < 1.29 is 4.74 Å². The van der Waals surface area contributed by atoms with Gasteiger partial charge in [-0.2, -0.15) is 5.26 Å². The molecule has 0 N–H and O–H groups in total. The molecule has 0 saturated carbocycles. The summed E-state index contributed by atoms with van der Waals surface area (Å²) in [7, 11) is 1.53. The Kier molecular flexibility index (Phi) is 2.39. The summed E-state index contributed by atoms with van der Waals surface area (Å²) in [5.41, 5.74) is 0.630. The Labute approximate surface area is 64.5 Å². The molecular weight excluding hydrogens is 142 g/mol. The highest BCUT2D eigenvalue weighted by Crippen LogP contribution is 2.12. The van der Waals surface area contributed by atoms with Gasteiger partial charge >= 0.3 is 0 Å². The quantitative estimate of drug-likeness (QED) is 0.616. The fourth-order valence-corrected chi connectivity index (χ4v) is 0.720. The van der Waals surface area contributed by atoms with Crippen molar-refractivity contribution in [2.45, 2.75) is 6.42 Å². The second kappa shape index (κ2) is 3.52. The summed E-state index contributed by atoms with van der Waals surface area (Å²) in [6.45, 7) is 0. The highest BCUT2D eigenvalue weighted by atomic mass is 16.5. The smallest absolute Gasteiger partial charge is 0.159 e. The standard InChI is InChI=1S/C7H7N3O/c1-11-7-4-9-5-10-6(7)2-3-8/h4-5H,2H2,1H3. The molecular formula is C7H7N3O. The molecule has 1 aromatic rings. The van der Waals surface area contributed by atoms with Gasteiger partial charge in [0.2, 0.25) is 0 Å². The van der Waals surface area contributed by atoms with Gasteiger partial charge in [0.05, 0.1) is 31.5 Å². The van der Waals surface area contributed by atoms with Crippen LogP contribution in [0.1, 0.15) is 5.69 Å². The molecule has 0 bridgehead atoms. The molecule has 0 unspecified atom stereocenters. The van der Waals surface area contributed by atoms with Crippen LogP contribution in [0.3, 0.4) is 0 Å². The van der Waals surface area contributed by atoms with E-state index in [-0.39, 0.29) is 6.42 Å². The molecule has 1 aromatic heterocycles. The Morgan fingerprint density at radius 3 is 3.18 bits per heavy atom. The third-order valence-corrected chi connectivity index (χ3v) is 1.22. The molecule has 56 valence electrons. The molecule has 4 nitrogen and oxygen atoms in total. The lowest BCUT2D eigenvalue weighted by molar-refractivity contribution is 0.406. The van der Waals surface area contributed by atoms with E-state index in [9.17, 15) is 0 Å². The van der Waals surface area contributed by atoms with Crippen molar-refractivity contribution in [3.05, 3.63) is 18.2 Å². The Balaban J connectivity index is 2.94. The Hall–Kier alpha value is -1.63. The molecule has 0 aliphatic heterocycles. The van der Waals surface area contributed by atoms with E-state index in [4.69, 9.17) is 10.00 Å². The van der Waals surface area contributed by atoms with Gasteiger partial charge in [-0.1, -0.05) is 0 Å². The van der Waals surface area contributed by atoms with E-state index < -0.39 is 0 Å². The largest absolute Gasteiger partial charge is 0.493 e. The molecule has 0 fully saturated rings. The first-order chi connectivity index (χ1) is 5.38. The van der Waals surface area contributed by atoms with Gasteiger partial charge in [0.25, 0.3) is 0 Å². The molecule has 1 rings (SSSR count). The number of nitriles is 1. The van der Waals surface area contributed by atoms with Gasteiger partial charge in [-0.25, -0.2) is 9.97 Å². The molecule has 0 radical (unpaired) electrons. The number of hydrogen-bond acceptors (Lipinski definition) is 4. The summed E-state index contributed by atoms with van der Waals surface area (Å²) in [4.78, 5) is 7.63. The fourth-order valence-electron chi connectivity index (χ4n) is 0.720. The monoisotopic (exact) mass is 149 g/mol. The molecule has 0 amide bonds. The van der Waals surface area contributed by atoms with E-state index in [1.54, 1.807) is 6.20 Å². The van der Waals surface area contributed by atoms with Crippen LogP contribution < -0.4 is 4.74 Å². The van der Waals surface area contributed by atoms with Crippen LogP contribution in [0.25, 0.3) is 0 Å². The molecule has 0 spiro atoms. The average Bonchev–Trinajstić information content (AvgIpc) is 2.06. The van der Waals surface area contributed by atoms with Gasteiger partial charge in [0, 0.05) is 0 Å². The lowest BCUT2D eigenvalue weighted by Crippen LogP contribution is -1.94. The van der Waals surface area contributed by atoms with E-state index in [0.29, 0.717) is 11.4 Å². The minimum absolute atomic E-state index is 0.256. The van der Waals surface area contributed by atoms with Crippen LogP contribution in [0, 0.1) is 11.3 Å². The number of rotatable bonds is 2. The Bertz CT molecular complexity index is 279. The van der Waals surface area contributed by atoms with Gasteiger partial charge < -0.3 is 4.74 Å². The third kappa shape index (κ3) is 1.64. The first-order valence-electron chi connectivity index (χ1n) is 3.08. The minimum Gasteiger partial charge on any atom is -0.493 e. The summed E-state index contributed by atoms with van der Waals surface area (Å²) < 4.78 is 4.92. The Morgan fingerprint density at radius 1 is 1.73 bits per heavy atom. The summed E-state index contributed by atoms with van der Waals surface area (Å²) in [6.07, 6.45) is 3.19. The zero-order valence-corrected chi connectivity index (χ0v) is 6.11. The molecule has 0 atom stereocenters. The second-order valence-corrected chi connectivity index (χ2v) is 1.87. The third-order valence-electron chi connectivity index (χ3n) is 1.22. The van der Waals surface area contributed by atoms with Crippen LogP contribution in [-0.4, -0.2) is 17.1 Å². The minimum atomic E-state index is 0.256. The zero-order valence-electron chi connectivity index (χ0n) is 6.11. The maximum atomic E-state index is 8.37. The number of nitrogens with zero attached hydrogens (tertiary/aromatic N) is 3. The van der Waals surface area contributed by atoms with Crippen molar-refractivity contribution in [1.82, 2.24) is 9.97 Å². The van der Waals surface area contributed by atoms with Gasteiger partial charge in [-0.05, 0) is 0 Å². The van der Waals surface area contributed by atoms with Gasteiger partial charge in [0.15, 0.2) is 5.75 Å².